The molecule has 0 radical (unpaired) electrons. The number of anilines is 1. The van der Waals surface area contributed by atoms with Gasteiger partial charge in [-0.2, -0.15) is 0 Å². The highest BCUT2D eigenvalue weighted by atomic mass is 32.2. The summed E-state index contributed by atoms with van der Waals surface area (Å²) < 4.78 is 28.0. The average Bonchev–Trinajstić information content (AvgIpc) is 2.80. The molecular weight excluding hydrogens is 284 g/mol. The number of hydrogen-bond acceptors (Lipinski definition) is 3. The second-order valence-corrected chi connectivity index (χ2v) is 7.91. The summed E-state index contributed by atoms with van der Waals surface area (Å²) in [6, 6.07) is 3.75. The minimum absolute atomic E-state index is 0.423. The standard InChI is InChI=1S/C16H26N2O2S/c1-11-6-5-7-14(11)10-18-21(19,20)16-12(2)8-15(17-4)9-13(16)3/h8-9,11,14,17-18H,5-7,10H2,1-4H3. The lowest BCUT2D eigenvalue weighted by Gasteiger charge is -2.18. The molecule has 2 atom stereocenters. The Morgan fingerprint density at radius 3 is 2.29 bits per heavy atom. The van der Waals surface area contributed by atoms with E-state index in [2.05, 4.69) is 17.0 Å². The number of nitrogens with one attached hydrogen (secondary N) is 2. The third-order valence-electron chi connectivity index (χ3n) is 4.59. The number of rotatable bonds is 5. The molecule has 1 aromatic carbocycles. The highest BCUT2D eigenvalue weighted by Crippen LogP contribution is 2.31. The van der Waals surface area contributed by atoms with Crippen molar-refractivity contribution in [2.45, 2.75) is 44.9 Å². The molecule has 2 N–H and O–H groups in total. The summed E-state index contributed by atoms with van der Waals surface area (Å²) in [5, 5.41) is 3.05. The summed E-state index contributed by atoms with van der Waals surface area (Å²) in [5.74, 6) is 1.08. The fraction of sp³-hybridized carbons (Fsp3) is 0.625. The van der Waals surface area contributed by atoms with Gasteiger partial charge in [0, 0.05) is 19.3 Å². The summed E-state index contributed by atoms with van der Waals surface area (Å²) in [7, 11) is -1.60. The van der Waals surface area contributed by atoms with E-state index in [1.54, 1.807) is 0 Å². The molecule has 1 fully saturated rings. The molecule has 0 amide bonds. The van der Waals surface area contributed by atoms with Gasteiger partial charge in [-0.1, -0.05) is 19.8 Å². The molecular formula is C16H26N2O2S. The Balaban J connectivity index is 2.19. The Hall–Kier alpha value is -1.07. The van der Waals surface area contributed by atoms with Crippen molar-refractivity contribution in [1.29, 1.82) is 0 Å². The molecule has 2 rings (SSSR count). The number of benzene rings is 1. The van der Waals surface area contributed by atoms with Crippen LogP contribution < -0.4 is 10.0 Å². The highest BCUT2D eigenvalue weighted by molar-refractivity contribution is 7.89. The van der Waals surface area contributed by atoms with Gasteiger partial charge >= 0.3 is 0 Å². The molecule has 2 unspecified atom stereocenters. The quantitative estimate of drug-likeness (QED) is 0.879. The fourth-order valence-corrected chi connectivity index (χ4v) is 4.88. The van der Waals surface area contributed by atoms with Crippen molar-refractivity contribution < 1.29 is 8.42 Å². The molecule has 0 aliphatic heterocycles. The summed E-state index contributed by atoms with van der Waals surface area (Å²) in [6.07, 6.45) is 3.55. The second kappa shape index (κ2) is 6.36. The number of sulfonamides is 1. The average molecular weight is 310 g/mol. The van der Waals surface area contributed by atoms with Crippen molar-refractivity contribution in [3.05, 3.63) is 23.3 Å². The molecule has 0 aromatic heterocycles. The van der Waals surface area contributed by atoms with Crippen LogP contribution in [0.3, 0.4) is 0 Å². The Kier molecular flexibility index (Phi) is 4.94. The largest absolute Gasteiger partial charge is 0.388 e. The van der Waals surface area contributed by atoms with E-state index in [9.17, 15) is 8.42 Å². The summed E-state index contributed by atoms with van der Waals surface area (Å²) in [5.41, 5.74) is 2.51. The molecule has 0 saturated heterocycles. The van der Waals surface area contributed by atoms with Gasteiger partial charge in [-0.3, -0.25) is 0 Å². The van der Waals surface area contributed by atoms with Gasteiger partial charge in [-0.25, -0.2) is 13.1 Å². The number of hydrogen-bond donors (Lipinski definition) is 2. The van der Waals surface area contributed by atoms with Gasteiger partial charge < -0.3 is 5.32 Å². The van der Waals surface area contributed by atoms with E-state index in [0.717, 1.165) is 23.2 Å². The first kappa shape index (κ1) is 16.3. The highest BCUT2D eigenvalue weighted by Gasteiger charge is 2.26. The van der Waals surface area contributed by atoms with E-state index < -0.39 is 10.0 Å². The first-order valence-electron chi connectivity index (χ1n) is 7.64. The van der Waals surface area contributed by atoms with Gasteiger partial charge in [0.15, 0.2) is 0 Å². The van der Waals surface area contributed by atoms with Crippen LogP contribution in [0.1, 0.15) is 37.3 Å². The second-order valence-electron chi connectivity index (χ2n) is 6.21. The third-order valence-corrected chi connectivity index (χ3v) is 6.32. The fourth-order valence-electron chi connectivity index (χ4n) is 3.33. The summed E-state index contributed by atoms with van der Waals surface area (Å²) in [4.78, 5) is 0.423. The Morgan fingerprint density at radius 2 is 1.81 bits per heavy atom. The lowest BCUT2D eigenvalue weighted by Crippen LogP contribution is -2.31. The lowest BCUT2D eigenvalue weighted by molar-refractivity contribution is 0.414. The molecule has 0 heterocycles. The van der Waals surface area contributed by atoms with E-state index in [4.69, 9.17) is 0 Å². The SMILES string of the molecule is CNc1cc(C)c(S(=O)(=O)NCC2CCCC2C)c(C)c1. The van der Waals surface area contributed by atoms with Gasteiger partial charge in [0.25, 0.3) is 0 Å². The van der Waals surface area contributed by atoms with Crippen molar-refractivity contribution >= 4 is 15.7 Å². The van der Waals surface area contributed by atoms with Gasteiger partial charge in [-0.15, -0.1) is 0 Å². The minimum atomic E-state index is -3.44. The minimum Gasteiger partial charge on any atom is -0.388 e. The summed E-state index contributed by atoms with van der Waals surface area (Å²) in [6.45, 7) is 6.46. The molecule has 1 aliphatic carbocycles. The van der Waals surface area contributed by atoms with Crippen LogP contribution >= 0.6 is 0 Å². The van der Waals surface area contributed by atoms with E-state index in [0.29, 0.717) is 23.3 Å². The van der Waals surface area contributed by atoms with Crippen LogP contribution in [0.4, 0.5) is 5.69 Å². The molecule has 0 spiro atoms. The maximum absolute atomic E-state index is 12.6. The normalized spacial score (nSPS) is 22.5. The lowest BCUT2D eigenvalue weighted by atomic mass is 9.99. The monoisotopic (exact) mass is 310 g/mol. The van der Waals surface area contributed by atoms with Crippen LogP contribution in [0.5, 0.6) is 0 Å². The van der Waals surface area contributed by atoms with Crippen LogP contribution in [0, 0.1) is 25.7 Å². The Bertz CT molecular complexity index is 588. The number of aryl methyl sites for hydroxylation is 2. The first-order valence-corrected chi connectivity index (χ1v) is 9.12. The van der Waals surface area contributed by atoms with Gasteiger partial charge in [-0.05, 0) is 55.4 Å². The van der Waals surface area contributed by atoms with Crippen LogP contribution in [0.25, 0.3) is 0 Å². The van der Waals surface area contributed by atoms with Gasteiger partial charge in [0.1, 0.15) is 0 Å². The van der Waals surface area contributed by atoms with Crippen LogP contribution in [-0.4, -0.2) is 22.0 Å². The molecule has 118 valence electrons. The Morgan fingerprint density at radius 1 is 1.19 bits per heavy atom. The zero-order valence-corrected chi connectivity index (χ0v) is 14.2. The third kappa shape index (κ3) is 3.58. The van der Waals surface area contributed by atoms with Crippen LogP contribution in [0.2, 0.25) is 0 Å². The maximum atomic E-state index is 12.6. The molecule has 0 bridgehead atoms. The Labute approximate surface area is 128 Å². The molecule has 21 heavy (non-hydrogen) atoms. The van der Waals surface area contributed by atoms with Crippen molar-refractivity contribution in [3.63, 3.8) is 0 Å². The van der Waals surface area contributed by atoms with Crippen LogP contribution in [-0.2, 0) is 10.0 Å². The van der Waals surface area contributed by atoms with Gasteiger partial charge in [0.2, 0.25) is 10.0 Å². The molecule has 4 nitrogen and oxygen atoms in total. The smallest absolute Gasteiger partial charge is 0.241 e. The van der Waals surface area contributed by atoms with Gasteiger partial charge in [0.05, 0.1) is 4.90 Å². The summed E-state index contributed by atoms with van der Waals surface area (Å²) >= 11 is 0. The van der Waals surface area contributed by atoms with Crippen LogP contribution in [0.15, 0.2) is 17.0 Å². The predicted molar refractivity (Wildman–Crippen MR) is 87.2 cm³/mol. The van der Waals surface area contributed by atoms with E-state index in [-0.39, 0.29) is 0 Å². The van der Waals surface area contributed by atoms with E-state index in [1.165, 1.54) is 12.8 Å². The first-order chi connectivity index (χ1) is 9.85. The molecule has 5 heteroatoms. The molecule has 1 saturated carbocycles. The van der Waals surface area contributed by atoms with Crippen molar-refractivity contribution in [2.75, 3.05) is 18.9 Å². The molecule has 1 aliphatic rings. The van der Waals surface area contributed by atoms with Crippen molar-refractivity contribution in [2.24, 2.45) is 11.8 Å². The molecule has 1 aromatic rings. The van der Waals surface area contributed by atoms with E-state index in [1.807, 2.05) is 33.0 Å². The van der Waals surface area contributed by atoms with E-state index >= 15 is 0 Å². The van der Waals surface area contributed by atoms with Crippen molar-refractivity contribution in [1.82, 2.24) is 4.72 Å². The predicted octanol–water partition coefficient (Wildman–Crippen LogP) is 3.06. The zero-order chi connectivity index (χ0) is 15.6. The maximum Gasteiger partial charge on any atom is 0.241 e. The van der Waals surface area contributed by atoms with Crippen molar-refractivity contribution in [3.8, 4) is 0 Å². The topological polar surface area (TPSA) is 58.2 Å². The zero-order valence-electron chi connectivity index (χ0n) is 13.4.